The second kappa shape index (κ2) is 10.1. The van der Waals surface area contributed by atoms with Crippen LogP contribution in [0.25, 0.3) is 0 Å². The number of halogens is 1. The van der Waals surface area contributed by atoms with E-state index in [1.807, 2.05) is 25.1 Å². The number of nitrogens with zero attached hydrogens (tertiary/aromatic N) is 3. The molecule has 0 saturated heterocycles. The third kappa shape index (κ3) is 5.98. The SMILES string of the molecule is COc1cc(CNCc2ccc(C)cc2F)ccc1NC(=O)Nc1cnc(C#N)cn1. The van der Waals surface area contributed by atoms with Crippen molar-refractivity contribution in [1.29, 1.82) is 5.26 Å². The van der Waals surface area contributed by atoms with Gasteiger partial charge >= 0.3 is 6.03 Å². The number of carbonyl (C=O) groups excluding carboxylic acids is 1. The molecular formula is C22H21FN6O2. The zero-order valence-electron chi connectivity index (χ0n) is 17.1. The summed E-state index contributed by atoms with van der Waals surface area (Å²) in [5.74, 6) is 0.448. The van der Waals surface area contributed by atoms with Gasteiger partial charge in [-0.05, 0) is 36.2 Å². The summed E-state index contributed by atoms with van der Waals surface area (Å²) >= 11 is 0. The third-order valence-corrected chi connectivity index (χ3v) is 4.38. The van der Waals surface area contributed by atoms with Gasteiger partial charge in [0, 0.05) is 18.7 Å². The van der Waals surface area contributed by atoms with E-state index < -0.39 is 6.03 Å². The minimum absolute atomic E-state index is 0.155. The zero-order chi connectivity index (χ0) is 22.2. The first-order valence-electron chi connectivity index (χ1n) is 9.41. The molecule has 0 saturated carbocycles. The van der Waals surface area contributed by atoms with Crippen molar-refractivity contribution in [2.24, 2.45) is 0 Å². The molecule has 0 fully saturated rings. The van der Waals surface area contributed by atoms with E-state index in [-0.39, 0.29) is 17.3 Å². The first kappa shape index (κ1) is 21.7. The molecule has 0 atom stereocenters. The number of aryl methyl sites for hydroxylation is 1. The normalized spacial score (nSPS) is 10.3. The van der Waals surface area contributed by atoms with E-state index >= 15 is 0 Å². The molecule has 2 aromatic carbocycles. The predicted octanol–water partition coefficient (Wildman–Crippen LogP) is 3.74. The number of urea groups is 1. The van der Waals surface area contributed by atoms with E-state index in [0.29, 0.717) is 30.1 Å². The van der Waals surface area contributed by atoms with Crippen molar-refractivity contribution in [3.8, 4) is 11.8 Å². The molecule has 0 unspecified atom stereocenters. The van der Waals surface area contributed by atoms with Gasteiger partial charge in [-0.25, -0.2) is 19.2 Å². The quantitative estimate of drug-likeness (QED) is 0.537. The Balaban J connectivity index is 1.58. The van der Waals surface area contributed by atoms with Gasteiger partial charge in [0.25, 0.3) is 0 Å². The Morgan fingerprint density at radius 1 is 1.13 bits per heavy atom. The van der Waals surface area contributed by atoms with Crippen molar-refractivity contribution < 1.29 is 13.9 Å². The van der Waals surface area contributed by atoms with Crippen LogP contribution in [0.15, 0.2) is 48.8 Å². The Hall–Kier alpha value is -4.03. The van der Waals surface area contributed by atoms with Crippen molar-refractivity contribution in [2.45, 2.75) is 20.0 Å². The van der Waals surface area contributed by atoms with E-state index in [2.05, 4.69) is 25.9 Å². The highest BCUT2D eigenvalue weighted by Gasteiger charge is 2.10. The summed E-state index contributed by atoms with van der Waals surface area (Å²) < 4.78 is 19.3. The van der Waals surface area contributed by atoms with Gasteiger partial charge in [-0.3, -0.25) is 5.32 Å². The molecule has 31 heavy (non-hydrogen) atoms. The molecule has 3 aromatic rings. The van der Waals surface area contributed by atoms with Gasteiger partial charge in [-0.15, -0.1) is 0 Å². The number of nitriles is 1. The Bertz CT molecular complexity index is 1110. The van der Waals surface area contributed by atoms with Crippen LogP contribution in [0.2, 0.25) is 0 Å². The number of benzene rings is 2. The molecule has 0 aliphatic carbocycles. The number of ether oxygens (including phenoxy) is 1. The molecule has 0 aliphatic heterocycles. The van der Waals surface area contributed by atoms with Crippen molar-refractivity contribution >= 4 is 17.5 Å². The van der Waals surface area contributed by atoms with Gasteiger partial charge in [0.15, 0.2) is 11.5 Å². The lowest BCUT2D eigenvalue weighted by Gasteiger charge is -2.13. The number of anilines is 2. The van der Waals surface area contributed by atoms with Crippen molar-refractivity contribution in [1.82, 2.24) is 15.3 Å². The van der Waals surface area contributed by atoms with Crippen LogP contribution in [0.1, 0.15) is 22.4 Å². The average molecular weight is 420 g/mol. The largest absolute Gasteiger partial charge is 0.495 e. The maximum Gasteiger partial charge on any atom is 0.324 e. The standard InChI is InChI=1S/C22H21FN6O2/c1-14-3-5-16(18(23)7-14)11-25-10-15-4-6-19(20(8-15)31-2)28-22(30)29-21-13-26-17(9-24)12-27-21/h3-8,12-13,25H,10-11H2,1-2H3,(H2,27,28,29,30). The molecule has 0 aliphatic rings. The maximum absolute atomic E-state index is 13.9. The molecule has 2 amide bonds. The predicted molar refractivity (Wildman–Crippen MR) is 114 cm³/mol. The molecule has 3 N–H and O–H groups in total. The number of nitrogens with one attached hydrogen (secondary N) is 3. The summed E-state index contributed by atoms with van der Waals surface area (Å²) in [7, 11) is 1.50. The van der Waals surface area contributed by atoms with Crippen molar-refractivity contribution in [2.75, 3.05) is 17.7 Å². The van der Waals surface area contributed by atoms with E-state index in [1.54, 1.807) is 18.2 Å². The monoisotopic (exact) mass is 420 g/mol. The van der Waals surface area contributed by atoms with Crippen molar-refractivity contribution in [3.05, 3.63) is 77.0 Å². The van der Waals surface area contributed by atoms with Crippen LogP contribution in [-0.2, 0) is 13.1 Å². The Morgan fingerprint density at radius 3 is 2.65 bits per heavy atom. The van der Waals surface area contributed by atoms with E-state index in [9.17, 15) is 9.18 Å². The van der Waals surface area contributed by atoms with Gasteiger partial charge in [-0.1, -0.05) is 18.2 Å². The van der Waals surface area contributed by atoms with Crippen LogP contribution >= 0.6 is 0 Å². The van der Waals surface area contributed by atoms with Crippen LogP contribution in [-0.4, -0.2) is 23.1 Å². The van der Waals surface area contributed by atoms with E-state index in [0.717, 1.165) is 11.1 Å². The van der Waals surface area contributed by atoms with Gasteiger partial charge < -0.3 is 15.4 Å². The Morgan fingerprint density at radius 2 is 1.97 bits per heavy atom. The molecule has 9 heteroatoms. The molecule has 1 aromatic heterocycles. The summed E-state index contributed by atoms with van der Waals surface area (Å²) in [6.07, 6.45) is 2.56. The van der Waals surface area contributed by atoms with Crippen LogP contribution in [0.5, 0.6) is 5.75 Å². The summed E-state index contributed by atoms with van der Waals surface area (Å²) in [4.78, 5) is 20.0. The number of amides is 2. The second-order valence-corrected chi connectivity index (χ2v) is 6.71. The fourth-order valence-corrected chi connectivity index (χ4v) is 2.81. The minimum Gasteiger partial charge on any atom is -0.495 e. The highest BCUT2D eigenvalue weighted by Crippen LogP contribution is 2.26. The van der Waals surface area contributed by atoms with Gasteiger partial charge in [0.1, 0.15) is 17.6 Å². The molecule has 1 heterocycles. The number of aromatic nitrogens is 2. The van der Waals surface area contributed by atoms with Crippen molar-refractivity contribution in [3.63, 3.8) is 0 Å². The lowest BCUT2D eigenvalue weighted by atomic mass is 10.1. The summed E-state index contributed by atoms with van der Waals surface area (Å²) in [6, 6.07) is 11.8. The van der Waals surface area contributed by atoms with Gasteiger partial charge in [0.05, 0.1) is 25.2 Å². The van der Waals surface area contributed by atoms with Crippen LogP contribution in [0.3, 0.4) is 0 Å². The smallest absolute Gasteiger partial charge is 0.324 e. The zero-order valence-corrected chi connectivity index (χ0v) is 17.1. The number of carbonyl (C=O) groups is 1. The summed E-state index contributed by atoms with van der Waals surface area (Å²) in [6.45, 7) is 2.74. The van der Waals surface area contributed by atoms with E-state index in [1.165, 1.54) is 25.6 Å². The maximum atomic E-state index is 13.9. The third-order valence-electron chi connectivity index (χ3n) is 4.38. The van der Waals surface area contributed by atoms with Gasteiger partial charge in [-0.2, -0.15) is 5.26 Å². The molecule has 0 radical (unpaired) electrons. The fourth-order valence-electron chi connectivity index (χ4n) is 2.81. The lowest BCUT2D eigenvalue weighted by molar-refractivity contribution is 0.262. The average Bonchev–Trinajstić information content (AvgIpc) is 2.76. The first-order chi connectivity index (χ1) is 15.0. The molecule has 158 valence electrons. The lowest BCUT2D eigenvalue weighted by Crippen LogP contribution is -2.21. The topological polar surface area (TPSA) is 112 Å². The molecule has 8 nitrogen and oxygen atoms in total. The van der Waals surface area contributed by atoms with Gasteiger partial charge in [0.2, 0.25) is 0 Å². The number of hydrogen-bond acceptors (Lipinski definition) is 6. The Kier molecular flexibility index (Phi) is 7.09. The molecule has 0 bridgehead atoms. The summed E-state index contributed by atoms with van der Waals surface area (Å²) in [5.41, 5.74) is 3.01. The number of methoxy groups -OCH3 is 1. The fraction of sp³-hybridized carbons (Fsp3) is 0.182. The Labute approximate surface area is 179 Å². The number of hydrogen-bond donors (Lipinski definition) is 3. The molecule has 0 spiro atoms. The highest BCUT2D eigenvalue weighted by molar-refractivity contribution is 6.00. The summed E-state index contributed by atoms with van der Waals surface area (Å²) in [5, 5.41) is 17.1. The second-order valence-electron chi connectivity index (χ2n) is 6.71. The molecular weight excluding hydrogens is 399 g/mol. The highest BCUT2D eigenvalue weighted by atomic mass is 19.1. The van der Waals surface area contributed by atoms with Crippen LogP contribution in [0.4, 0.5) is 20.7 Å². The minimum atomic E-state index is -0.530. The first-order valence-corrected chi connectivity index (χ1v) is 9.41. The van der Waals surface area contributed by atoms with E-state index in [4.69, 9.17) is 10.00 Å². The van der Waals surface area contributed by atoms with Crippen LogP contribution < -0.4 is 20.7 Å². The van der Waals surface area contributed by atoms with Crippen LogP contribution in [0, 0.1) is 24.1 Å². The number of rotatable bonds is 7. The molecule has 3 rings (SSSR count).